The highest BCUT2D eigenvalue weighted by atomic mass is 79.9. The second-order valence-corrected chi connectivity index (χ2v) is 8.18. The van der Waals surface area contributed by atoms with Gasteiger partial charge in [-0.3, -0.25) is 4.72 Å². The van der Waals surface area contributed by atoms with Crippen LogP contribution in [0.2, 0.25) is 5.02 Å². The molecule has 0 fully saturated rings. The molecule has 2 rings (SSSR count). The fourth-order valence-electron chi connectivity index (χ4n) is 1.35. The van der Waals surface area contributed by atoms with Crippen LogP contribution in [0.25, 0.3) is 0 Å². The lowest BCUT2D eigenvalue weighted by atomic mass is 10.2. The molecule has 0 unspecified atom stereocenters. The summed E-state index contributed by atoms with van der Waals surface area (Å²) in [5.41, 5.74) is 6.80. The van der Waals surface area contributed by atoms with E-state index in [2.05, 4.69) is 25.6 Å². The van der Waals surface area contributed by atoms with E-state index < -0.39 is 10.0 Å². The van der Waals surface area contributed by atoms with E-state index in [1.807, 2.05) is 0 Å². The number of hydrogen-bond donors (Lipinski definition) is 2. The molecule has 0 aliphatic carbocycles. The van der Waals surface area contributed by atoms with Crippen molar-refractivity contribution in [1.82, 2.24) is 4.98 Å². The molecule has 0 saturated heterocycles. The van der Waals surface area contributed by atoms with Crippen LogP contribution in [0.3, 0.4) is 0 Å². The molecule has 1 aromatic carbocycles. The molecule has 2 aromatic rings. The van der Waals surface area contributed by atoms with Gasteiger partial charge in [0.05, 0.1) is 15.0 Å². The van der Waals surface area contributed by atoms with Crippen molar-refractivity contribution in [2.75, 3.05) is 10.5 Å². The van der Waals surface area contributed by atoms with E-state index >= 15 is 0 Å². The van der Waals surface area contributed by atoms with Crippen LogP contribution in [0.4, 0.5) is 10.8 Å². The van der Waals surface area contributed by atoms with Crippen molar-refractivity contribution in [3.05, 3.63) is 32.7 Å². The standard InChI is InChI=1S/C10H9BrClN3O2S2/c1-5-2-6(12)8(3-7(5)13)19(16,17)15-10-14-4-9(11)18-10/h2-4H,13H2,1H3,(H,14,15). The SMILES string of the molecule is Cc1cc(Cl)c(S(=O)(=O)Nc2ncc(Br)s2)cc1N. The van der Waals surface area contributed by atoms with Crippen molar-refractivity contribution >= 4 is 59.7 Å². The fourth-order valence-corrected chi connectivity index (χ4v) is 4.31. The number of rotatable bonds is 3. The summed E-state index contributed by atoms with van der Waals surface area (Å²) in [5, 5.41) is 0.372. The molecule has 9 heteroatoms. The molecule has 0 aliphatic heterocycles. The van der Waals surface area contributed by atoms with E-state index in [0.717, 1.165) is 20.7 Å². The first kappa shape index (κ1) is 14.6. The molecule has 102 valence electrons. The number of nitrogen functional groups attached to an aromatic ring is 1. The molecule has 5 nitrogen and oxygen atoms in total. The minimum atomic E-state index is -3.80. The van der Waals surface area contributed by atoms with Crippen molar-refractivity contribution in [2.45, 2.75) is 11.8 Å². The average Bonchev–Trinajstić information content (AvgIpc) is 2.68. The molecular formula is C10H9BrClN3O2S2. The highest BCUT2D eigenvalue weighted by Gasteiger charge is 2.20. The molecule has 0 atom stereocenters. The minimum Gasteiger partial charge on any atom is -0.398 e. The summed E-state index contributed by atoms with van der Waals surface area (Å²) in [5.74, 6) is 0. The van der Waals surface area contributed by atoms with E-state index in [9.17, 15) is 8.42 Å². The lowest BCUT2D eigenvalue weighted by Gasteiger charge is -2.09. The average molecular weight is 383 g/mol. The first-order valence-electron chi connectivity index (χ1n) is 4.99. The molecule has 1 aromatic heterocycles. The first-order chi connectivity index (χ1) is 8.79. The zero-order valence-electron chi connectivity index (χ0n) is 9.65. The summed E-state index contributed by atoms with van der Waals surface area (Å²) in [6, 6.07) is 2.85. The van der Waals surface area contributed by atoms with Crippen LogP contribution in [0.5, 0.6) is 0 Å². The van der Waals surface area contributed by atoms with Crippen LogP contribution in [0, 0.1) is 6.92 Å². The third-order valence-electron chi connectivity index (χ3n) is 2.31. The van der Waals surface area contributed by atoms with Crippen LogP contribution in [0.15, 0.2) is 27.0 Å². The summed E-state index contributed by atoms with van der Waals surface area (Å²) in [7, 11) is -3.80. The van der Waals surface area contributed by atoms with Crippen molar-refractivity contribution in [1.29, 1.82) is 0 Å². The highest BCUT2D eigenvalue weighted by Crippen LogP contribution is 2.30. The van der Waals surface area contributed by atoms with Crippen LogP contribution >= 0.6 is 38.9 Å². The fraction of sp³-hybridized carbons (Fsp3) is 0.100. The summed E-state index contributed by atoms with van der Waals surface area (Å²) in [4.78, 5) is 3.84. The van der Waals surface area contributed by atoms with E-state index in [1.165, 1.54) is 18.3 Å². The number of nitrogens with zero attached hydrogens (tertiary/aromatic N) is 1. The number of halogens is 2. The third kappa shape index (κ3) is 3.19. The highest BCUT2D eigenvalue weighted by molar-refractivity contribution is 9.11. The van der Waals surface area contributed by atoms with Gasteiger partial charge in [-0.1, -0.05) is 22.9 Å². The van der Waals surface area contributed by atoms with Gasteiger partial charge in [-0.25, -0.2) is 13.4 Å². The Hall–Kier alpha value is -0.830. The van der Waals surface area contributed by atoms with Crippen LogP contribution in [-0.2, 0) is 10.0 Å². The summed E-state index contributed by atoms with van der Waals surface area (Å²) in [6.07, 6.45) is 1.51. The van der Waals surface area contributed by atoms with Gasteiger partial charge < -0.3 is 5.73 Å². The predicted octanol–water partition coefficient (Wildman–Crippen LogP) is 3.25. The Morgan fingerprint density at radius 2 is 2.16 bits per heavy atom. The second kappa shape index (κ2) is 5.28. The number of sulfonamides is 1. The van der Waals surface area contributed by atoms with Gasteiger partial charge in [-0.05, 0) is 40.5 Å². The molecule has 0 spiro atoms. The first-order valence-corrected chi connectivity index (χ1v) is 8.46. The summed E-state index contributed by atoms with van der Waals surface area (Å²) in [6.45, 7) is 1.75. The van der Waals surface area contributed by atoms with Gasteiger partial charge in [0.2, 0.25) is 0 Å². The molecule has 19 heavy (non-hydrogen) atoms. The molecule has 1 heterocycles. The Balaban J connectivity index is 2.42. The lowest BCUT2D eigenvalue weighted by Crippen LogP contribution is -2.14. The number of aromatic nitrogens is 1. The molecule has 0 aliphatic rings. The quantitative estimate of drug-likeness (QED) is 0.798. The monoisotopic (exact) mass is 381 g/mol. The zero-order chi connectivity index (χ0) is 14.2. The Labute approximate surface area is 128 Å². The minimum absolute atomic E-state index is 0.0661. The van der Waals surface area contributed by atoms with E-state index in [-0.39, 0.29) is 15.0 Å². The van der Waals surface area contributed by atoms with Gasteiger partial charge in [0.25, 0.3) is 10.0 Å². The smallest absolute Gasteiger partial charge is 0.265 e. The number of anilines is 2. The van der Waals surface area contributed by atoms with Crippen LogP contribution < -0.4 is 10.5 Å². The van der Waals surface area contributed by atoms with Gasteiger partial charge >= 0.3 is 0 Å². The molecule has 0 bridgehead atoms. The Kier molecular flexibility index (Phi) is 4.05. The van der Waals surface area contributed by atoms with Gasteiger partial charge in [0, 0.05) is 5.69 Å². The molecule has 0 saturated carbocycles. The summed E-state index contributed by atoms with van der Waals surface area (Å²) < 4.78 is 27.5. The van der Waals surface area contributed by atoms with Crippen molar-refractivity contribution in [3.63, 3.8) is 0 Å². The Morgan fingerprint density at radius 1 is 1.47 bits per heavy atom. The van der Waals surface area contributed by atoms with E-state index in [0.29, 0.717) is 5.69 Å². The molecule has 3 N–H and O–H groups in total. The van der Waals surface area contributed by atoms with Crippen molar-refractivity contribution in [3.8, 4) is 0 Å². The predicted molar refractivity (Wildman–Crippen MR) is 81.2 cm³/mol. The Morgan fingerprint density at radius 3 is 2.74 bits per heavy atom. The zero-order valence-corrected chi connectivity index (χ0v) is 13.6. The maximum Gasteiger partial charge on any atom is 0.265 e. The van der Waals surface area contributed by atoms with Crippen LogP contribution in [-0.4, -0.2) is 13.4 Å². The topological polar surface area (TPSA) is 85.1 Å². The lowest BCUT2D eigenvalue weighted by molar-refractivity contribution is 0.601. The van der Waals surface area contributed by atoms with Crippen LogP contribution in [0.1, 0.15) is 5.56 Å². The number of nitrogens with two attached hydrogens (primary N) is 1. The maximum absolute atomic E-state index is 12.2. The normalized spacial score (nSPS) is 11.5. The Bertz CT molecular complexity index is 730. The second-order valence-electron chi connectivity index (χ2n) is 3.71. The number of nitrogens with one attached hydrogen (secondary N) is 1. The molecular weight excluding hydrogens is 374 g/mol. The maximum atomic E-state index is 12.2. The van der Waals surface area contributed by atoms with Gasteiger partial charge in [0.1, 0.15) is 4.90 Å². The molecule has 0 amide bonds. The molecule has 0 radical (unpaired) electrons. The van der Waals surface area contributed by atoms with Gasteiger partial charge in [-0.2, -0.15) is 0 Å². The van der Waals surface area contributed by atoms with Gasteiger partial charge in [-0.15, -0.1) is 0 Å². The van der Waals surface area contributed by atoms with E-state index in [1.54, 1.807) is 6.92 Å². The third-order valence-corrected chi connectivity index (χ3v) is 5.63. The summed E-state index contributed by atoms with van der Waals surface area (Å²) >= 11 is 10.3. The largest absolute Gasteiger partial charge is 0.398 e. The van der Waals surface area contributed by atoms with Gasteiger partial charge in [0.15, 0.2) is 5.13 Å². The number of hydrogen-bond acceptors (Lipinski definition) is 5. The number of aryl methyl sites for hydroxylation is 1. The van der Waals surface area contributed by atoms with E-state index in [4.69, 9.17) is 17.3 Å². The van der Waals surface area contributed by atoms with Crippen molar-refractivity contribution < 1.29 is 8.42 Å². The number of benzene rings is 1. The number of thiazole rings is 1. The van der Waals surface area contributed by atoms with Crippen molar-refractivity contribution in [2.24, 2.45) is 0 Å².